The molecule has 1 saturated carbocycles. The molecule has 1 aliphatic heterocycles. The van der Waals surface area contributed by atoms with Gasteiger partial charge in [-0.05, 0) is 58.4 Å². The Hall–Kier alpha value is -2.60. The van der Waals surface area contributed by atoms with Crippen molar-refractivity contribution < 1.29 is 9.63 Å². The summed E-state index contributed by atoms with van der Waals surface area (Å²) in [6.07, 6.45) is 9.15. The minimum Gasteiger partial charge on any atom is -0.399 e. The smallest absolute Gasteiger partial charge is 0.217 e. The van der Waals surface area contributed by atoms with Crippen molar-refractivity contribution in [2.45, 2.75) is 77.9 Å². The van der Waals surface area contributed by atoms with E-state index in [0.29, 0.717) is 12.6 Å². The summed E-state index contributed by atoms with van der Waals surface area (Å²) < 4.78 is 2.46. The molecule has 1 amide bonds. The Morgan fingerprint density at radius 2 is 1.79 bits per heavy atom. The van der Waals surface area contributed by atoms with Crippen LogP contribution in [0.1, 0.15) is 76.6 Å². The molecule has 1 aromatic carbocycles. The topological polar surface area (TPSA) is 58.9 Å². The minimum atomic E-state index is -0.0238. The predicted octanol–water partition coefficient (Wildman–Crippen LogP) is 5.17. The molecule has 0 unspecified atom stereocenters. The Balaban J connectivity index is 1.57. The molecule has 1 N–H and O–H groups in total. The van der Waals surface area contributed by atoms with Crippen LogP contribution in [0.15, 0.2) is 40.6 Å². The van der Waals surface area contributed by atoms with Crippen LogP contribution in [0, 0.1) is 0 Å². The molecule has 6 heteroatoms. The van der Waals surface area contributed by atoms with Gasteiger partial charge < -0.3 is 19.6 Å². The van der Waals surface area contributed by atoms with Crippen LogP contribution in [-0.4, -0.2) is 47.8 Å². The Morgan fingerprint density at radius 1 is 1.09 bits per heavy atom. The lowest BCUT2D eigenvalue weighted by Crippen LogP contribution is -2.43. The zero-order valence-corrected chi connectivity index (χ0v) is 20.6. The highest BCUT2D eigenvalue weighted by atomic mass is 16.6. The van der Waals surface area contributed by atoms with E-state index >= 15 is 0 Å². The second-order valence-electron chi connectivity index (χ2n) is 9.68. The van der Waals surface area contributed by atoms with Crippen LogP contribution in [0.4, 0.5) is 0 Å². The lowest BCUT2D eigenvalue weighted by molar-refractivity contribution is -0.119. The first-order chi connectivity index (χ1) is 16.0. The second-order valence-corrected chi connectivity index (χ2v) is 9.68. The molecule has 4 rings (SSSR count). The molecule has 6 nitrogen and oxygen atoms in total. The van der Waals surface area contributed by atoms with Gasteiger partial charge in [0, 0.05) is 54.3 Å². The zero-order chi connectivity index (χ0) is 23.4. The van der Waals surface area contributed by atoms with E-state index in [1.165, 1.54) is 36.8 Å². The van der Waals surface area contributed by atoms with Crippen molar-refractivity contribution in [1.82, 2.24) is 14.8 Å². The van der Waals surface area contributed by atoms with Gasteiger partial charge >= 0.3 is 0 Å². The van der Waals surface area contributed by atoms with Gasteiger partial charge in [-0.3, -0.25) is 4.79 Å². The van der Waals surface area contributed by atoms with E-state index in [2.05, 4.69) is 58.1 Å². The van der Waals surface area contributed by atoms with Crippen molar-refractivity contribution in [1.29, 1.82) is 0 Å². The van der Waals surface area contributed by atoms with E-state index in [0.717, 1.165) is 48.6 Å². The number of nitrogens with one attached hydrogen (secondary N) is 1. The number of fused-ring (bicyclic) bond motifs is 1. The van der Waals surface area contributed by atoms with E-state index in [4.69, 9.17) is 4.84 Å². The lowest BCUT2D eigenvalue weighted by atomic mass is 9.86. The molecule has 1 aromatic heterocycles. The average molecular weight is 451 g/mol. The van der Waals surface area contributed by atoms with Crippen LogP contribution in [0.3, 0.4) is 0 Å². The van der Waals surface area contributed by atoms with Gasteiger partial charge in [0.05, 0.1) is 12.8 Å². The number of amides is 1. The number of para-hydroxylation sites is 1. The molecule has 1 saturated heterocycles. The van der Waals surface area contributed by atoms with Crippen LogP contribution in [0.25, 0.3) is 10.9 Å². The fourth-order valence-electron chi connectivity index (χ4n) is 5.72. The van der Waals surface area contributed by atoms with Crippen molar-refractivity contribution in [3.8, 4) is 0 Å². The van der Waals surface area contributed by atoms with Crippen molar-refractivity contribution in [3.63, 3.8) is 0 Å². The first-order valence-corrected chi connectivity index (χ1v) is 12.3. The third kappa shape index (κ3) is 5.16. The normalized spacial score (nSPS) is 20.5. The maximum absolute atomic E-state index is 11.7. The molecular formula is C27H38N4O2. The highest BCUT2D eigenvalue weighted by Crippen LogP contribution is 2.36. The minimum absolute atomic E-state index is 0.0238. The monoisotopic (exact) mass is 450 g/mol. The Labute approximate surface area is 197 Å². The highest BCUT2D eigenvalue weighted by Gasteiger charge is 2.30. The number of allylic oxidation sites excluding steroid dienone is 2. The summed E-state index contributed by atoms with van der Waals surface area (Å²) in [7, 11) is 1.56. The van der Waals surface area contributed by atoms with Gasteiger partial charge in [0.15, 0.2) is 0 Å². The summed E-state index contributed by atoms with van der Waals surface area (Å²) in [5, 5.41) is 8.24. The number of hydrogen-bond donors (Lipinski definition) is 1. The van der Waals surface area contributed by atoms with E-state index in [1.54, 1.807) is 25.8 Å². The van der Waals surface area contributed by atoms with E-state index < -0.39 is 0 Å². The number of hydrogen-bond acceptors (Lipinski definition) is 4. The predicted molar refractivity (Wildman–Crippen MR) is 135 cm³/mol. The van der Waals surface area contributed by atoms with Gasteiger partial charge in [0.1, 0.15) is 7.11 Å². The first kappa shape index (κ1) is 23.6. The molecule has 2 aliphatic rings. The van der Waals surface area contributed by atoms with E-state index in [-0.39, 0.29) is 5.91 Å². The fraction of sp³-hybridized carbons (Fsp3) is 0.556. The molecule has 0 bridgehead atoms. The number of carbonyl (C=O) groups is 1. The van der Waals surface area contributed by atoms with Gasteiger partial charge in [-0.15, -0.1) is 0 Å². The molecule has 33 heavy (non-hydrogen) atoms. The third-order valence-electron chi connectivity index (χ3n) is 7.49. The molecule has 0 atom stereocenters. The summed E-state index contributed by atoms with van der Waals surface area (Å²) >= 11 is 0. The molecule has 2 heterocycles. The molecule has 0 spiro atoms. The second kappa shape index (κ2) is 10.6. The van der Waals surface area contributed by atoms with Crippen molar-refractivity contribution in [2.75, 3.05) is 20.2 Å². The number of oxime groups is 1. The standard InChI is InChI=1S/C27H38N4O2/c1-19(2)21-9-11-22(12-10-21)30-15-13-23(14-16-30)31-26-8-6-5-7-24(26)25(17-29-33-4)27(31)18-28-20(3)32/h5-8,17,22-23H,9-16,18H2,1-4H3,(H,28,32). The molecule has 178 valence electrons. The van der Waals surface area contributed by atoms with Crippen molar-refractivity contribution in [3.05, 3.63) is 46.7 Å². The van der Waals surface area contributed by atoms with Gasteiger partial charge in [0.25, 0.3) is 0 Å². The molecule has 2 aromatic rings. The maximum atomic E-state index is 11.7. The van der Waals surface area contributed by atoms with E-state index in [9.17, 15) is 4.79 Å². The number of aromatic nitrogens is 1. The molecule has 2 fully saturated rings. The molecular weight excluding hydrogens is 412 g/mol. The van der Waals surface area contributed by atoms with Crippen molar-refractivity contribution >= 4 is 23.0 Å². The number of piperidine rings is 1. The van der Waals surface area contributed by atoms with Gasteiger partial charge in [0.2, 0.25) is 5.91 Å². The van der Waals surface area contributed by atoms with Crippen LogP contribution in [0.2, 0.25) is 0 Å². The van der Waals surface area contributed by atoms with Crippen LogP contribution in [-0.2, 0) is 16.2 Å². The Kier molecular flexibility index (Phi) is 7.53. The van der Waals surface area contributed by atoms with Gasteiger partial charge in [-0.2, -0.15) is 0 Å². The number of carbonyl (C=O) groups excluding carboxylic acids is 1. The first-order valence-electron chi connectivity index (χ1n) is 12.3. The molecule has 1 aliphatic carbocycles. The number of likely N-dealkylation sites (tertiary alicyclic amines) is 1. The fourth-order valence-corrected chi connectivity index (χ4v) is 5.72. The maximum Gasteiger partial charge on any atom is 0.217 e. The van der Waals surface area contributed by atoms with Crippen molar-refractivity contribution in [2.24, 2.45) is 5.16 Å². The van der Waals surface area contributed by atoms with Crippen LogP contribution < -0.4 is 5.32 Å². The summed E-state index contributed by atoms with van der Waals surface area (Å²) in [6.45, 7) is 8.84. The Bertz CT molecular complexity index is 1030. The summed E-state index contributed by atoms with van der Waals surface area (Å²) in [5.74, 6) is -0.0238. The van der Waals surface area contributed by atoms with Gasteiger partial charge in [-0.25, -0.2) is 0 Å². The van der Waals surface area contributed by atoms with E-state index in [1.807, 2.05) is 0 Å². The third-order valence-corrected chi connectivity index (χ3v) is 7.49. The largest absolute Gasteiger partial charge is 0.399 e. The summed E-state index contributed by atoms with van der Waals surface area (Å²) in [6, 6.07) is 9.61. The summed E-state index contributed by atoms with van der Waals surface area (Å²) in [4.78, 5) is 19.5. The number of rotatable bonds is 6. The summed E-state index contributed by atoms with van der Waals surface area (Å²) in [5.41, 5.74) is 6.54. The highest BCUT2D eigenvalue weighted by molar-refractivity contribution is 6.01. The van der Waals surface area contributed by atoms with Crippen LogP contribution in [0.5, 0.6) is 0 Å². The average Bonchev–Trinajstić information content (AvgIpc) is 3.14. The Morgan fingerprint density at radius 3 is 2.42 bits per heavy atom. The molecule has 0 radical (unpaired) electrons. The quantitative estimate of drug-likeness (QED) is 0.375. The number of benzene rings is 1. The van der Waals surface area contributed by atoms with Gasteiger partial charge in [-0.1, -0.05) is 34.5 Å². The lowest BCUT2D eigenvalue weighted by Gasteiger charge is -2.40. The number of nitrogens with zero attached hydrogens (tertiary/aromatic N) is 3. The zero-order valence-electron chi connectivity index (χ0n) is 20.6. The van der Waals surface area contributed by atoms with Crippen LogP contribution >= 0.6 is 0 Å². The SMILES string of the molecule is CON=Cc1c(CNC(C)=O)n(C2CCN(C3CCC(=C(C)C)CC3)CC2)c2ccccc12.